The number of nitrogens with zero attached hydrogens (tertiary/aromatic N) is 5. The van der Waals surface area contributed by atoms with E-state index in [9.17, 15) is 13.2 Å². The number of rotatable bonds is 5. The van der Waals surface area contributed by atoms with Crippen LogP contribution in [-0.2, 0) is 21.4 Å². The Bertz CT molecular complexity index is 1370. The second-order valence-corrected chi connectivity index (χ2v) is 11.3. The minimum absolute atomic E-state index is 0.114. The Morgan fingerprint density at radius 2 is 1.86 bits per heavy atom. The molecule has 6 rings (SSSR count). The molecule has 0 aliphatic carbocycles. The van der Waals surface area contributed by atoms with Gasteiger partial charge in [0.15, 0.2) is 11.5 Å². The molecule has 1 atom stereocenters. The van der Waals surface area contributed by atoms with Gasteiger partial charge in [-0.05, 0) is 42.7 Å². The van der Waals surface area contributed by atoms with Gasteiger partial charge >= 0.3 is 0 Å². The fourth-order valence-electron chi connectivity index (χ4n) is 5.03. The van der Waals surface area contributed by atoms with Crippen molar-refractivity contribution >= 4 is 38.7 Å². The van der Waals surface area contributed by atoms with E-state index < -0.39 is 16.1 Å². The monoisotopic (exact) mass is 515 g/mol. The lowest BCUT2D eigenvalue weighted by Crippen LogP contribution is -2.54. The molecule has 35 heavy (non-hydrogen) atoms. The van der Waals surface area contributed by atoms with Gasteiger partial charge in [0.2, 0.25) is 22.7 Å². The molecule has 0 N–H and O–H groups in total. The summed E-state index contributed by atoms with van der Waals surface area (Å²) in [6.45, 7) is 3.93. The molecule has 2 aromatic carbocycles. The number of fused-ring (bicyclic) bond motifs is 2. The first-order valence-corrected chi connectivity index (χ1v) is 13.8. The number of aromatic nitrogens is 2. The summed E-state index contributed by atoms with van der Waals surface area (Å²) in [7, 11) is -3.87. The van der Waals surface area contributed by atoms with Crippen molar-refractivity contribution in [2.45, 2.75) is 30.3 Å². The normalized spacial score (nSPS) is 21.1. The van der Waals surface area contributed by atoms with E-state index >= 15 is 0 Å². The Hall–Kier alpha value is -2.80. The van der Waals surface area contributed by atoms with Gasteiger partial charge in [0.05, 0.1) is 11.7 Å². The SMILES string of the molecule is O=C([C@@H]1CCCN1S(=O)(=O)c1cccc2nsnc12)N1CCN(Cc2ccc3c(c2)OCO3)CC1. The molecule has 10 nitrogen and oxygen atoms in total. The first-order chi connectivity index (χ1) is 17.0. The molecule has 184 valence electrons. The summed E-state index contributed by atoms with van der Waals surface area (Å²) in [6.07, 6.45) is 1.19. The lowest BCUT2D eigenvalue weighted by molar-refractivity contribution is -0.136. The van der Waals surface area contributed by atoms with Crippen molar-refractivity contribution in [1.82, 2.24) is 22.9 Å². The van der Waals surface area contributed by atoms with Crippen molar-refractivity contribution in [3.63, 3.8) is 0 Å². The largest absolute Gasteiger partial charge is 0.454 e. The Morgan fingerprint density at radius 1 is 1.03 bits per heavy atom. The van der Waals surface area contributed by atoms with Crippen molar-refractivity contribution < 1.29 is 22.7 Å². The van der Waals surface area contributed by atoms with Crippen LogP contribution in [0.15, 0.2) is 41.3 Å². The first kappa shape index (κ1) is 22.7. The van der Waals surface area contributed by atoms with Gasteiger partial charge in [0, 0.05) is 39.3 Å². The average Bonchev–Trinajstić information content (AvgIpc) is 3.64. The molecule has 0 spiro atoms. The second kappa shape index (κ2) is 9.01. The van der Waals surface area contributed by atoms with Crippen LogP contribution in [0.1, 0.15) is 18.4 Å². The zero-order valence-electron chi connectivity index (χ0n) is 19.0. The van der Waals surface area contributed by atoms with E-state index in [1.54, 1.807) is 23.1 Å². The average molecular weight is 516 g/mol. The maximum absolute atomic E-state index is 13.5. The molecule has 0 saturated carbocycles. The summed E-state index contributed by atoms with van der Waals surface area (Å²) >= 11 is 0.986. The van der Waals surface area contributed by atoms with Gasteiger partial charge in [-0.2, -0.15) is 13.1 Å². The highest BCUT2D eigenvalue weighted by atomic mass is 32.2. The second-order valence-electron chi connectivity index (χ2n) is 8.95. The summed E-state index contributed by atoms with van der Waals surface area (Å²) in [5.74, 6) is 1.42. The van der Waals surface area contributed by atoms with Gasteiger partial charge in [-0.15, -0.1) is 0 Å². The first-order valence-electron chi connectivity index (χ1n) is 11.6. The van der Waals surface area contributed by atoms with E-state index in [2.05, 4.69) is 13.6 Å². The summed E-state index contributed by atoms with van der Waals surface area (Å²) in [5, 5.41) is 0. The van der Waals surface area contributed by atoms with Gasteiger partial charge in [-0.3, -0.25) is 9.69 Å². The third-order valence-electron chi connectivity index (χ3n) is 6.85. The molecule has 0 radical (unpaired) electrons. The highest BCUT2D eigenvalue weighted by molar-refractivity contribution is 7.89. The fourth-order valence-corrected chi connectivity index (χ4v) is 7.43. The number of ether oxygens (including phenoxy) is 2. The minimum atomic E-state index is -3.87. The van der Waals surface area contributed by atoms with E-state index in [1.165, 1.54) is 4.31 Å². The van der Waals surface area contributed by atoms with Gasteiger partial charge in [0.25, 0.3) is 0 Å². The topological polar surface area (TPSA) is 105 Å². The Kier molecular flexibility index (Phi) is 5.83. The number of benzene rings is 2. The maximum Gasteiger partial charge on any atom is 0.246 e. The number of amides is 1. The molecule has 3 aromatic rings. The molecule has 2 saturated heterocycles. The summed E-state index contributed by atoms with van der Waals surface area (Å²) in [5.41, 5.74) is 2.05. The Morgan fingerprint density at radius 3 is 2.71 bits per heavy atom. The molecule has 0 unspecified atom stereocenters. The molecule has 4 heterocycles. The highest BCUT2D eigenvalue weighted by Gasteiger charge is 2.42. The van der Waals surface area contributed by atoms with Gasteiger partial charge < -0.3 is 14.4 Å². The molecule has 3 aliphatic heterocycles. The lowest BCUT2D eigenvalue weighted by Gasteiger charge is -2.37. The smallest absolute Gasteiger partial charge is 0.246 e. The molecule has 3 aliphatic rings. The summed E-state index contributed by atoms with van der Waals surface area (Å²) in [6, 6.07) is 10.2. The molecule has 2 fully saturated rings. The number of carbonyl (C=O) groups excluding carboxylic acids is 1. The standard InChI is InChI=1S/C23H25N5O5S2/c29-23(27-11-9-26(10-12-27)14-16-6-7-19-20(13-16)33-15-32-19)18-4-2-8-28(18)35(30,31)21-5-1-3-17-22(21)25-34-24-17/h1,3,5-7,13,18H,2,4,8-12,14-15H2/t18-/m0/s1. The minimum Gasteiger partial charge on any atom is -0.454 e. The van der Waals surface area contributed by atoms with Crippen LogP contribution in [0.5, 0.6) is 11.5 Å². The highest BCUT2D eigenvalue weighted by Crippen LogP contribution is 2.33. The number of piperazine rings is 1. The van der Waals surface area contributed by atoms with Crippen molar-refractivity contribution in [1.29, 1.82) is 0 Å². The number of hydrogen-bond donors (Lipinski definition) is 0. The van der Waals surface area contributed by atoms with Crippen LogP contribution in [0.25, 0.3) is 11.0 Å². The Balaban J connectivity index is 1.12. The van der Waals surface area contributed by atoms with E-state index in [0.717, 1.165) is 48.4 Å². The predicted octanol–water partition coefficient (Wildman–Crippen LogP) is 1.92. The number of sulfonamides is 1. The number of hydrogen-bond acceptors (Lipinski definition) is 9. The zero-order chi connectivity index (χ0) is 24.0. The molecule has 0 bridgehead atoms. The Labute approximate surface area is 207 Å². The van der Waals surface area contributed by atoms with Gasteiger partial charge in [0.1, 0.15) is 22.0 Å². The third kappa shape index (κ3) is 4.14. The van der Waals surface area contributed by atoms with Crippen LogP contribution in [0.2, 0.25) is 0 Å². The van der Waals surface area contributed by atoms with E-state index in [1.807, 2.05) is 18.2 Å². The third-order valence-corrected chi connectivity index (χ3v) is 9.33. The maximum atomic E-state index is 13.5. The zero-order valence-corrected chi connectivity index (χ0v) is 20.6. The molecular weight excluding hydrogens is 490 g/mol. The van der Waals surface area contributed by atoms with Crippen LogP contribution in [0.3, 0.4) is 0 Å². The molecule has 1 aromatic heterocycles. The van der Waals surface area contributed by atoms with Gasteiger partial charge in [-0.1, -0.05) is 12.1 Å². The van der Waals surface area contributed by atoms with Crippen LogP contribution < -0.4 is 9.47 Å². The summed E-state index contributed by atoms with van der Waals surface area (Å²) < 4.78 is 47.6. The number of carbonyl (C=O) groups is 1. The van der Waals surface area contributed by atoms with Crippen LogP contribution in [0, 0.1) is 0 Å². The van der Waals surface area contributed by atoms with Crippen molar-refractivity contribution in [2.24, 2.45) is 0 Å². The van der Waals surface area contributed by atoms with Crippen LogP contribution >= 0.6 is 11.7 Å². The van der Waals surface area contributed by atoms with Crippen molar-refractivity contribution in [2.75, 3.05) is 39.5 Å². The van der Waals surface area contributed by atoms with E-state index in [0.29, 0.717) is 43.5 Å². The molecule has 12 heteroatoms. The van der Waals surface area contributed by atoms with E-state index in [4.69, 9.17) is 9.47 Å². The molecule has 1 amide bonds. The molecular formula is C23H25N5O5S2. The quantitative estimate of drug-likeness (QED) is 0.508. The fraction of sp³-hybridized carbons (Fsp3) is 0.435. The van der Waals surface area contributed by atoms with Crippen LogP contribution in [-0.4, -0.2) is 82.7 Å². The predicted molar refractivity (Wildman–Crippen MR) is 129 cm³/mol. The van der Waals surface area contributed by atoms with E-state index in [-0.39, 0.29) is 17.6 Å². The van der Waals surface area contributed by atoms with Crippen molar-refractivity contribution in [3.8, 4) is 11.5 Å². The summed E-state index contributed by atoms with van der Waals surface area (Å²) in [4.78, 5) is 17.7. The van der Waals surface area contributed by atoms with Gasteiger partial charge in [-0.25, -0.2) is 8.42 Å². The lowest BCUT2D eigenvalue weighted by atomic mass is 10.1. The van der Waals surface area contributed by atoms with Crippen molar-refractivity contribution in [3.05, 3.63) is 42.0 Å². The van der Waals surface area contributed by atoms with Crippen LogP contribution in [0.4, 0.5) is 0 Å².